The van der Waals surface area contributed by atoms with E-state index in [9.17, 15) is 19.2 Å². The third-order valence-corrected chi connectivity index (χ3v) is 11.0. The number of rotatable bonds is 11. The molecular weight excluding hydrogens is 680 g/mol. The van der Waals surface area contributed by atoms with Gasteiger partial charge in [-0.05, 0) is 120 Å². The first-order valence-corrected chi connectivity index (χ1v) is 18.1. The molecule has 0 unspecified atom stereocenters. The smallest absolute Gasteiger partial charge is 0.323 e. The van der Waals surface area contributed by atoms with Crippen molar-refractivity contribution in [3.8, 4) is 11.1 Å². The van der Waals surface area contributed by atoms with E-state index in [4.69, 9.17) is 11.5 Å². The lowest BCUT2D eigenvalue weighted by Crippen LogP contribution is -2.52. The Labute approximate surface area is 310 Å². The number of aromatic amines is 2. The number of hydrogen-bond acceptors (Lipinski definition) is 7. The number of primary amides is 1. The molecule has 0 spiro atoms. The number of fused-ring (bicyclic) bond motifs is 1. The number of carbonyl (C=O) groups excluding carboxylic acids is 3. The molecule has 7 N–H and O–H groups in total. The summed E-state index contributed by atoms with van der Waals surface area (Å²) in [6.07, 6.45) is 7.33. The molecule has 1 atom stereocenters. The summed E-state index contributed by atoms with van der Waals surface area (Å²) in [5, 5.41) is 3.17. The van der Waals surface area contributed by atoms with Gasteiger partial charge in [0.2, 0.25) is 11.8 Å². The van der Waals surface area contributed by atoms with E-state index in [0.717, 1.165) is 60.9 Å². The third kappa shape index (κ3) is 8.74. The van der Waals surface area contributed by atoms with Crippen LogP contribution in [-0.2, 0) is 16.0 Å². The number of amides is 3. The van der Waals surface area contributed by atoms with Crippen LogP contribution in [-0.4, -0.2) is 76.3 Å². The minimum atomic E-state index is -0.960. The van der Waals surface area contributed by atoms with Gasteiger partial charge in [-0.25, -0.2) is 9.78 Å². The summed E-state index contributed by atoms with van der Waals surface area (Å²) in [6, 6.07) is 16.4. The zero-order chi connectivity index (χ0) is 36.2. The predicted molar refractivity (Wildman–Crippen MR) is 206 cm³/mol. The molecule has 2 aliphatic carbocycles. The molecule has 4 aromatic rings. The summed E-state index contributed by atoms with van der Waals surface area (Å²) in [6.45, 7) is 2.49. The highest BCUT2D eigenvalue weighted by atomic mass is 35.5. The second kappa shape index (κ2) is 16.9. The van der Waals surface area contributed by atoms with E-state index in [1.807, 2.05) is 37.3 Å². The summed E-state index contributed by atoms with van der Waals surface area (Å²) in [5.41, 5.74) is 17.0. The summed E-state index contributed by atoms with van der Waals surface area (Å²) < 4.78 is 0. The second-order valence-corrected chi connectivity index (χ2v) is 14.6. The lowest BCUT2D eigenvalue weighted by molar-refractivity contribution is -0.127. The van der Waals surface area contributed by atoms with Crippen LogP contribution in [0.3, 0.4) is 0 Å². The standard InChI is InChI=1S/C39H50N8O4.ClH/c1-23-31(17-19-33(42-23)37(49)43-28-12-14-29(15-13-28)46(2)3)26-8-4-24(5-9-26)20-35(36(41)48)47(38(50)27-10-6-25(22-40)7-11-27)30-16-18-32-34(21-30)45-39(51)44-32;/h4-5,8-9,16-19,21,25,27-29,35H,6-7,10-15,20,22,40H2,1-3H3,(H2,41,48)(H,43,49)(H2,44,45,51);1H/t25-,27-,28?,29?,35-;/m0./s1. The molecule has 12 nitrogen and oxygen atoms in total. The molecule has 0 aliphatic heterocycles. The largest absolute Gasteiger partial charge is 0.368 e. The lowest BCUT2D eigenvalue weighted by atomic mass is 9.81. The Morgan fingerprint density at radius 3 is 2.19 bits per heavy atom. The molecule has 3 amide bonds. The van der Waals surface area contributed by atoms with E-state index in [1.54, 1.807) is 24.3 Å². The summed E-state index contributed by atoms with van der Waals surface area (Å²) in [5.74, 6) is -0.809. The number of H-pyrrole nitrogens is 2. The quantitative estimate of drug-likeness (QED) is 0.151. The monoisotopic (exact) mass is 730 g/mol. The highest BCUT2D eigenvalue weighted by molar-refractivity contribution is 6.02. The number of aromatic nitrogens is 3. The van der Waals surface area contributed by atoms with E-state index in [2.05, 4.69) is 39.3 Å². The van der Waals surface area contributed by atoms with Crippen LogP contribution in [0.2, 0.25) is 0 Å². The molecule has 52 heavy (non-hydrogen) atoms. The maximum absolute atomic E-state index is 14.2. The highest BCUT2D eigenvalue weighted by Crippen LogP contribution is 2.33. The van der Waals surface area contributed by atoms with Crippen LogP contribution in [0.25, 0.3) is 22.2 Å². The number of hydrogen-bond donors (Lipinski definition) is 5. The lowest BCUT2D eigenvalue weighted by Gasteiger charge is -2.35. The Hall–Kier alpha value is -4.52. The number of aryl methyl sites for hydroxylation is 1. The average Bonchev–Trinajstić information content (AvgIpc) is 3.51. The first-order valence-electron chi connectivity index (χ1n) is 18.1. The number of benzene rings is 2. The number of anilines is 1. The fourth-order valence-electron chi connectivity index (χ4n) is 7.82. The van der Waals surface area contributed by atoms with Gasteiger partial charge in [0.25, 0.3) is 5.91 Å². The molecule has 278 valence electrons. The molecular formula is C39H51ClN8O4. The molecule has 2 aliphatic rings. The summed E-state index contributed by atoms with van der Waals surface area (Å²) >= 11 is 0. The third-order valence-electron chi connectivity index (χ3n) is 11.0. The molecule has 2 aromatic heterocycles. The van der Waals surface area contributed by atoms with Crippen LogP contribution in [0.15, 0.2) is 59.4 Å². The van der Waals surface area contributed by atoms with Gasteiger partial charge in [0.15, 0.2) is 0 Å². The molecule has 2 heterocycles. The van der Waals surface area contributed by atoms with Gasteiger partial charge in [0.1, 0.15) is 11.7 Å². The minimum absolute atomic E-state index is 0. The Morgan fingerprint density at radius 1 is 0.904 bits per heavy atom. The Morgan fingerprint density at radius 2 is 1.58 bits per heavy atom. The van der Waals surface area contributed by atoms with Crippen molar-refractivity contribution in [1.29, 1.82) is 0 Å². The fraction of sp³-hybridized carbons (Fsp3) is 0.462. The maximum atomic E-state index is 14.2. The van der Waals surface area contributed by atoms with Crippen molar-refractivity contribution in [2.24, 2.45) is 23.3 Å². The summed E-state index contributed by atoms with van der Waals surface area (Å²) in [4.78, 5) is 66.4. The number of halogens is 1. The normalized spacial score (nSPS) is 20.9. The number of nitrogens with zero attached hydrogens (tertiary/aromatic N) is 3. The van der Waals surface area contributed by atoms with E-state index in [0.29, 0.717) is 53.8 Å². The Balaban J connectivity index is 0.00000523. The van der Waals surface area contributed by atoms with E-state index in [1.165, 1.54) is 4.90 Å². The Bertz CT molecular complexity index is 1920. The zero-order valence-electron chi connectivity index (χ0n) is 30.2. The van der Waals surface area contributed by atoms with Crippen LogP contribution in [0, 0.1) is 18.8 Å². The highest BCUT2D eigenvalue weighted by Gasteiger charge is 2.36. The first kappa shape index (κ1) is 38.7. The van der Waals surface area contributed by atoms with Crippen LogP contribution in [0.5, 0.6) is 0 Å². The van der Waals surface area contributed by atoms with Crippen LogP contribution >= 0.6 is 12.4 Å². The van der Waals surface area contributed by atoms with E-state index < -0.39 is 11.9 Å². The number of nitrogens with two attached hydrogens (primary N) is 2. The molecule has 2 saturated carbocycles. The van der Waals surface area contributed by atoms with Crippen molar-refractivity contribution < 1.29 is 14.4 Å². The fourth-order valence-corrected chi connectivity index (χ4v) is 7.82. The predicted octanol–water partition coefficient (Wildman–Crippen LogP) is 4.45. The van der Waals surface area contributed by atoms with Crippen molar-refractivity contribution in [2.45, 2.75) is 82.8 Å². The number of nitrogens with one attached hydrogen (secondary N) is 3. The molecule has 2 aromatic carbocycles. The topological polar surface area (TPSA) is 183 Å². The minimum Gasteiger partial charge on any atom is -0.368 e. The van der Waals surface area contributed by atoms with Gasteiger partial charge in [0.05, 0.1) is 11.0 Å². The van der Waals surface area contributed by atoms with Crippen molar-refractivity contribution in [2.75, 3.05) is 25.5 Å². The van der Waals surface area contributed by atoms with E-state index in [-0.39, 0.29) is 48.3 Å². The van der Waals surface area contributed by atoms with Gasteiger partial charge in [-0.2, -0.15) is 0 Å². The van der Waals surface area contributed by atoms with Gasteiger partial charge in [-0.3, -0.25) is 19.3 Å². The van der Waals surface area contributed by atoms with Crippen molar-refractivity contribution in [3.05, 3.63) is 82.0 Å². The van der Waals surface area contributed by atoms with Gasteiger partial charge >= 0.3 is 5.69 Å². The molecule has 0 radical (unpaired) electrons. The van der Waals surface area contributed by atoms with Crippen molar-refractivity contribution >= 4 is 46.8 Å². The molecule has 0 saturated heterocycles. The summed E-state index contributed by atoms with van der Waals surface area (Å²) in [7, 11) is 4.21. The molecule has 0 bridgehead atoms. The molecule has 6 rings (SSSR count). The van der Waals surface area contributed by atoms with Crippen LogP contribution in [0.4, 0.5) is 5.69 Å². The van der Waals surface area contributed by atoms with Gasteiger partial charge in [-0.1, -0.05) is 30.3 Å². The maximum Gasteiger partial charge on any atom is 0.323 e. The average molecular weight is 731 g/mol. The van der Waals surface area contributed by atoms with Gasteiger partial charge in [0, 0.05) is 41.4 Å². The van der Waals surface area contributed by atoms with E-state index >= 15 is 0 Å². The number of carbonyl (C=O) groups is 3. The SMILES string of the molecule is Cc1nc(C(=O)NC2CCC(N(C)C)CC2)ccc1-c1ccc(C[C@@H](C(N)=O)N(c2ccc3[nH]c(=O)[nH]c3c2)C(=O)[C@H]2CC[C@H](CN)CC2)cc1.Cl. The molecule has 13 heteroatoms. The first-order chi connectivity index (χ1) is 24.5. The van der Waals surface area contributed by atoms with Gasteiger partial charge in [-0.15, -0.1) is 12.4 Å². The number of imidazole rings is 1. The van der Waals surface area contributed by atoms with Crippen LogP contribution < -0.4 is 27.4 Å². The van der Waals surface area contributed by atoms with Gasteiger partial charge < -0.3 is 31.7 Å². The number of pyridine rings is 1. The van der Waals surface area contributed by atoms with Crippen molar-refractivity contribution in [1.82, 2.24) is 25.2 Å². The second-order valence-electron chi connectivity index (χ2n) is 14.6. The van der Waals surface area contributed by atoms with Crippen LogP contribution in [0.1, 0.15) is 73.1 Å². The zero-order valence-corrected chi connectivity index (χ0v) is 31.0. The van der Waals surface area contributed by atoms with Crippen molar-refractivity contribution in [3.63, 3.8) is 0 Å². The molecule has 2 fully saturated rings. The Kier molecular flexibility index (Phi) is 12.6.